The first kappa shape index (κ1) is 17.7. The molecule has 0 spiro atoms. The molecule has 0 aromatic heterocycles. The second kappa shape index (κ2) is 7.83. The molecule has 1 unspecified atom stereocenters. The van der Waals surface area contributed by atoms with Gasteiger partial charge in [0.15, 0.2) is 0 Å². The Labute approximate surface area is 153 Å². The molecular formula is C21H23N3O2. The molecule has 0 amide bonds. The molecule has 0 fully saturated rings. The van der Waals surface area contributed by atoms with Crippen molar-refractivity contribution in [1.29, 1.82) is 5.26 Å². The molecule has 1 aliphatic rings. The van der Waals surface area contributed by atoms with Crippen molar-refractivity contribution in [3.8, 4) is 17.6 Å². The molecule has 0 aliphatic carbocycles. The minimum atomic E-state index is -0.279. The molecule has 1 atom stereocenters. The molecule has 134 valence electrons. The van der Waals surface area contributed by atoms with Crippen molar-refractivity contribution in [2.45, 2.75) is 32.1 Å². The number of nitrogens with zero attached hydrogens (tertiary/aromatic N) is 1. The Hall–Kier alpha value is -3.13. The Balaban J connectivity index is 1.88. The molecule has 26 heavy (non-hydrogen) atoms. The predicted molar refractivity (Wildman–Crippen MR) is 102 cm³/mol. The first-order valence-electron chi connectivity index (χ1n) is 8.83. The molecule has 0 saturated carbocycles. The summed E-state index contributed by atoms with van der Waals surface area (Å²) in [5, 5.41) is 9.58. The van der Waals surface area contributed by atoms with Crippen LogP contribution in [0.1, 0.15) is 43.2 Å². The van der Waals surface area contributed by atoms with E-state index in [0.717, 1.165) is 29.7 Å². The zero-order valence-electron chi connectivity index (χ0n) is 14.9. The minimum absolute atomic E-state index is 0.121. The van der Waals surface area contributed by atoms with Gasteiger partial charge in [-0.1, -0.05) is 38.0 Å². The molecular weight excluding hydrogens is 326 g/mol. The predicted octanol–water partition coefficient (Wildman–Crippen LogP) is 4.06. The average Bonchev–Trinajstić information content (AvgIpc) is 2.64. The monoisotopic (exact) mass is 349 g/mol. The third-order valence-corrected chi connectivity index (χ3v) is 4.47. The van der Waals surface area contributed by atoms with Crippen LogP contribution in [0.2, 0.25) is 0 Å². The molecule has 0 radical (unpaired) electrons. The lowest BCUT2D eigenvalue weighted by atomic mass is 9.83. The van der Waals surface area contributed by atoms with Crippen LogP contribution in [-0.4, -0.2) is 6.61 Å². The van der Waals surface area contributed by atoms with E-state index in [1.165, 1.54) is 6.42 Å². The topological polar surface area (TPSA) is 94.3 Å². The van der Waals surface area contributed by atoms with E-state index in [1.54, 1.807) is 12.1 Å². The summed E-state index contributed by atoms with van der Waals surface area (Å²) in [6.07, 6.45) is 3.38. The summed E-state index contributed by atoms with van der Waals surface area (Å²) in [5.41, 5.74) is 14.6. The van der Waals surface area contributed by atoms with Crippen LogP contribution in [0.25, 0.3) is 0 Å². The maximum atomic E-state index is 9.58. The maximum absolute atomic E-state index is 9.58. The summed E-state index contributed by atoms with van der Waals surface area (Å²) in [6.45, 7) is 2.88. The number of benzene rings is 2. The Morgan fingerprint density at radius 1 is 1.12 bits per heavy atom. The van der Waals surface area contributed by atoms with Crippen LogP contribution in [0.15, 0.2) is 53.9 Å². The Morgan fingerprint density at radius 2 is 1.88 bits per heavy atom. The van der Waals surface area contributed by atoms with Crippen molar-refractivity contribution in [3.05, 3.63) is 65.0 Å². The normalized spacial score (nSPS) is 15.8. The van der Waals surface area contributed by atoms with Crippen LogP contribution in [0.5, 0.6) is 11.5 Å². The summed E-state index contributed by atoms with van der Waals surface area (Å²) >= 11 is 0. The van der Waals surface area contributed by atoms with Crippen molar-refractivity contribution in [3.63, 3.8) is 0 Å². The molecule has 2 aromatic rings. The van der Waals surface area contributed by atoms with Gasteiger partial charge in [0, 0.05) is 17.3 Å². The minimum Gasteiger partial charge on any atom is -0.494 e. The van der Waals surface area contributed by atoms with Crippen LogP contribution in [-0.2, 0) is 0 Å². The van der Waals surface area contributed by atoms with Gasteiger partial charge >= 0.3 is 0 Å². The standard InChI is InChI=1S/C21H23N3O2/c1-2-3-4-11-25-16-8-5-14(6-9-16)20-17-10-7-15(23)12-19(17)26-21(24)18(20)13-22/h5-10,12,20H,2-4,11,23-24H2,1H3. The number of hydrogen-bond acceptors (Lipinski definition) is 5. The van der Waals surface area contributed by atoms with E-state index in [4.69, 9.17) is 20.9 Å². The van der Waals surface area contributed by atoms with Gasteiger partial charge < -0.3 is 20.9 Å². The quantitative estimate of drug-likeness (QED) is 0.606. The summed E-state index contributed by atoms with van der Waals surface area (Å²) in [5.74, 6) is 1.25. The molecule has 3 rings (SSSR count). The number of anilines is 1. The number of unbranched alkanes of at least 4 members (excludes halogenated alkanes) is 2. The fraction of sp³-hybridized carbons (Fsp3) is 0.286. The third-order valence-electron chi connectivity index (χ3n) is 4.47. The highest BCUT2D eigenvalue weighted by atomic mass is 16.5. The highest BCUT2D eigenvalue weighted by Crippen LogP contribution is 2.42. The van der Waals surface area contributed by atoms with Crippen LogP contribution in [0.4, 0.5) is 5.69 Å². The second-order valence-corrected chi connectivity index (χ2v) is 6.35. The van der Waals surface area contributed by atoms with Gasteiger partial charge in [0.05, 0.1) is 12.5 Å². The fourth-order valence-electron chi connectivity index (χ4n) is 3.11. The van der Waals surface area contributed by atoms with Crippen LogP contribution >= 0.6 is 0 Å². The smallest absolute Gasteiger partial charge is 0.205 e. The molecule has 2 aromatic carbocycles. The van der Waals surface area contributed by atoms with Crippen molar-refractivity contribution in [1.82, 2.24) is 0 Å². The number of allylic oxidation sites excluding steroid dienone is 1. The Kier molecular flexibility index (Phi) is 5.33. The Bertz CT molecular complexity index is 851. The Morgan fingerprint density at radius 3 is 2.58 bits per heavy atom. The van der Waals surface area contributed by atoms with E-state index >= 15 is 0 Å². The molecule has 1 aliphatic heterocycles. The fourth-order valence-corrected chi connectivity index (χ4v) is 3.11. The zero-order valence-corrected chi connectivity index (χ0v) is 14.9. The van der Waals surface area contributed by atoms with Gasteiger partial charge in [0.25, 0.3) is 0 Å². The van der Waals surface area contributed by atoms with Crippen LogP contribution in [0, 0.1) is 11.3 Å². The van der Waals surface area contributed by atoms with Gasteiger partial charge in [-0.25, -0.2) is 0 Å². The van der Waals surface area contributed by atoms with E-state index in [2.05, 4.69) is 13.0 Å². The lowest BCUT2D eigenvalue weighted by Crippen LogP contribution is -2.21. The summed E-state index contributed by atoms with van der Waals surface area (Å²) in [4.78, 5) is 0. The highest BCUT2D eigenvalue weighted by Gasteiger charge is 2.30. The third kappa shape index (κ3) is 3.60. The van der Waals surface area contributed by atoms with Crippen LogP contribution in [0.3, 0.4) is 0 Å². The number of nitriles is 1. The number of fused-ring (bicyclic) bond motifs is 1. The number of ether oxygens (including phenoxy) is 2. The van der Waals surface area contributed by atoms with Crippen LogP contribution < -0.4 is 20.9 Å². The maximum Gasteiger partial charge on any atom is 0.205 e. The SMILES string of the molecule is CCCCCOc1ccc(C2C(C#N)=C(N)Oc3cc(N)ccc32)cc1. The lowest BCUT2D eigenvalue weighted by molar-refractivity contribution is 0.306. The summed E-state index contributed by atoms with van der Waals surface area (Å²) in [6, 6.07) is 15.4. The molecule has 0 bridgehead atoms. The van der Waals surface area contributed by atoms with Gasteiger partial charge in [0.2, 0.25) is 5.88 Å². The highest BCUT2D eigenvalue weighted by molar-refractivity contribution is 5.59. The first-order chi connectivity index (χ1) is 12.6. The molecule has 5 heteroatoms. The average molecular weight is 349 g/mol. The number of rotatable bonds is 6. The molecule has 1 heterocycles. The lowest BCUT2D eigenvalue weighted by Gasteiger charge is -2.26. The number of hydrogen-bond donors (Lipinski definition) is 2. The molecule has 0 saturated heterocycles. The van der Waals surface area contributed by atoms with E-state index < -0.39 is 0 Å². The molecule has 5 nitrogen and oxygen atoms in total. The zero-order chi connectivity index (χ0) is 18.5. The largest absolute Gasteiger partial charge is 0.494 e. The van der Waals surface area contributed by atoms with E-state index in [1.807, 2.05) is 30.3 Å². The van der Waals surface area contributed by atoms with Crippen molar-refractivity contribution >= 4 is 5.69 Å². The van der Waals surface area contributed by atoms with E-state index in [0.29, 0.717) is 23.6 Å². The van der Waals surface area contributed by atoms with Gasteiger partial charge in [-0.3, -0.25) is 0 Å². The van der Waals surface area contributed by atoms with Gasteiger partial charge in [-0.2, -0.15) is 5.26 Å². The van der Waals surface area contributed by atoms with E-state index in [9.17, 15) is 5.26 Å². The summed E-state index contributed by atoms with van der Waals surface area (Å²) in [7, 11) is 0. The van der Waals surface area contributed by atoms with Gasteiger partial charge in [-0.15, -0.1) is 0 Å². The van der Waals surface area contributed by atoms with Gasteiger partial charge in [-0.05, 0) is 30.2 Å². The van der Waals surface area contributed by atoms with Gasteiger partial charge in [0.1, 0.15) is 23.1 Å². The van der Waals surface area contributed by atoms with Crippen molar-refractivity contribution < 1.29 is 9.47 Å². The number of nitrogens with two attached hydrogens (primary N) is 2. The van der Waals surface area contributed by atoms with E-state index in [-0.39, 0.29) is 11.8 Å². The summed E-state index contributed by atoms with van der Waals surface area (Å²) < 4.78 is 11.4. The van der Waals surface area contributed by atoms with Crippen molar-refractivity contribution in [2.75, 3.05) is 12.3 Å². The molecule has 4 N–H and O–H groups in total. The number of nitrogen functional groups attached to an aromatic ring is 1. The van der Waals surface area contributed by atoms with Crippen molar-refractivity contribution in [2.24, 2.45) is 5.73 Å². The second-order valence-electron chi connectivity index (χ2n) is 6.35. The first-order valence-corrected chi connectivity index (χ1v) is 8.83.